The fourth-order valence-electron chi connectivity index (χ4n) is 4.25. The molecular weight excluding hydrogens is 442 g/mol. The maximum Gasteiger partial charge on any atom is 0.270 e. The Kier molecular flexibility index (Phi) is 8.61. The zero-order chi connectivity index (χ0) is 24.0. The lowest BCUT2D eigenvalue weighted by molar-refractivity contribution is -0.134. The highest BCUT2D eigenvalue weighted by molar-refractivity contribution is 7.28. The lowest BCUT2D eigenvalue weighted by Crippen LogP contribution is -2.44. The van der Waals surface area contributed by atoms with Gasteiger partial charge in [-0.2, -0.15) is 4.99 Å². The summed E-state index contributed by atoms with van der Waals surface area (Å²) in [4.78, 5) is 31.4. The Hall–Kier alpha value is -2.73. The van der Waals surface area contributed by atoms with Crippen LogP contribution in [0.3, 0.4) is 0 Å². The SMILES string of the molecule is CN/C=C\C(N)=NC(=O)C(CC1CCCCC1)N1CC(Oc2c(F)ccc(C)c2P)=CC1=O. The molecule has 33 heavy (non-hydrogen) atoms. The van der Waals surface area contributed by atoms with E-state index in [0.717, 1.165) is 31.2 Å². The van der Waals surface area contributed by atoms with E-state index in [0.29, 0.717) is 23.4 Å². The molecule has 0 saturated heterocycles. The van der Waals surface area contributed by atoms with Crippen molar-refractivity contribution in [3.05, 3.63) is 47.6 Å². The van der Waals surface area contributed by atoms with E-state index in [2.05, 4.69) is 19.5 Å². The maximum atomic E-state index is 14.4. The highest BCUT2D eigenvalue weighted by Crippen LogP contribution is 2.31. The van der Waals surface area contributed by atoms with Crippen LogP contribution in [0, 0.1) is 18.7 Å². The van der Waals surface area contributed by atoms with Crippen LogP contribution in [0.2, 0.25) is 0 Å². The van der Waals surface area contributed by atoms with Gasteiger partial charge < -0.3 is 20.7 Å². The molecule has 9 heteroatoms. The number of aryl methyl sites for hydroxylation is 1. The van der Waals surface area contributed by atoms with E-state index in [1.54, 1.807) is 19.3 Å². The normalized spacial score (nSPS) is 18.5. The topological polar surface area (TPSA) is 97.0 Å². The van der Waals surface area contributed by atoms with E-state index >= 15 is 0 Å². The van der Waals surface area contributed by atoms with Gasteiger partial charge in [0, 0.05) is 18.4 Å². The fraction of sp³-hybridized carbons (Fsp3) is 0.458. The van der Waals surface area contributed by atoms with Crippen LogP contribution in [-0.2, 0) is 9.59 Å². The van der Waals surface area contributed by atoms with Gasteiger partial charge in [0.05, 0.1) is 6.54 Å². The van der Waals surface area contributed by atoms with Crippen molar-refractivity contribution in [2.45, 2.75) is 51.5 Å². The van der Waals surface area contributed by atoms with Gasteiger partial charge in [-0.3, -0.25) is 9.59 Å². The third-order valence-corrected chi connectivity index (χ3v) is 6.81. The van der Waals surface area contributed by atoms with Crippen LogP contribution in [0.25, 0.3) is 0 Å². The van der Waals surface area contributed by atoms with Crippen LogP contribution >= 0.6 is 9.24 Å². The van der Waals surface area contributed by atoms with E-state index < -0.39 is 17.8 Å². The summed E-state index contributed by atoms with van der Waals surface area (Å²) in [6.45, 7) is 1.92. The molecule has 0 bridgehead atoms. The Labute approximate surface area is 196 Å². The van der Waals surface area contributed by atoms with Crippen LogP contribution in [0.5, 0.6) is 5.75 Å². The second-order valence-corrected chi connectivity index (χ2v) is 9.12. The maximum absolute atomic E-state index is 14.4. The van der Waals surface area contributed by atoms with E-state index in [1.165, 1.54) is 29.5 Å². The number of benzene rings is 1. The van der Waals surface area contributed by atoms with Gasteiger partial charge in [-0.15, -0.1) is 9.24 Å². The number of amides is 2. The minimum Gasteiger partial charge on any atom is -0.456 e. The highest BCUT2D eigenvalue weighted by atomic mass is 31.0. The average molecular weight is 475 g/mol. The predicted octanol–water partition coefficient (Wildman–Crippen LogP) is 2.70. The van der Waals surface area contributed by atoms with Crippen LogP contribution in [-0.4, -0.2) is 42.2 Å². The first-order valence-corrected chi connectivity index (χ1v) is 11.8. The zero-order valence-corrected chi connectivity index (χ0v) is 20.3. The van der Waals surface area contributed by atoms with Crippen molar-refractivity contribution in [3.63, 3.8) is 0 Å². The van der Waals surface area contributed by atoms with Crippen molar-refractivity contribution >= 4 is 32.2 Å². The molecule has 0 radical (unpaired) electrons. The summed E-state index contributed by atoms with van der Waals surface area (Å²) in [6, 6.07) is 2.24. The van der Waals surface area contributed by atoms with Crippen LogP contribution < -0.4 is 21.1 Å². The summed E-state index contributed by atoms with van der Waals surface area (Å²) in [5.74, 6) is -0.568. The number of carbonyl (C=O) groups excluding carboxylic acids is 2. The molecule has 1 heterocycles. The molecule has 7 nitrogen and oxygen atoms in total. The fourth-order valence-corrected chi connectivity index (χ4v) is 4.54. The number of hydrogen-bond acceptors (Lipinski definition) is 4. The van der Waals surface area contributed by atoms with Gasteiger partial charge in [0.15, 0.2) is 11.6 Å². The number of nitrogens with zero attached hydrogens (tertiary/aromatic N) is 2. The van der Waals surface area contributed by atoms with E-state index in [1.807, 2.05) is 6.92 Å². The van der Waals surface area contributed by atoms with Gasteiger partial charge in [-0.05, 0) is 43.2 Å². The Balaban J connectivity index is 1.80. The Morgan fingerprint density at radius 2 is 2.12 bits per heavy atom. The molecule has 1 aromatic rings. The average Bonchev–Trinajstić information content (AvgIpc) is 3.16. The third-order valence-electron chi connectivity index (χ3n) is 6.10. The molecule has 3 N–H and O–H groups in total. The molecule has 2 aliphatic rings. The molecule has 2 atom stereocenters. The Bertz CT molecular complexity index is 986. The summed E-state index contributed by atoms with van der Waals surface area (Å²) in [5.41, 5.74) is 6.71. The standard InChI is InChI=1S/C24H32FN4O3P/c1-15-8-9-18(25)22(23(15)33)32-17-13-21(30)29(14-17)19(12-16-6-4-3-5-7-16)24(31)28-20(26)10-11-27-2/h8-11,13,16,19,27H,3-7,12,14,33H2,1-2H3,(H2,26,28,31)/b11-10-. The van der Waals surface area contributed by atoms with E-state index in [9.17, 15) is 14.0 Å². The Morgan fingerprint density at radius 1 is 1.39 bits per heavy atom. The summed E-state index contributed by atoms with van der Waals surface area (Å²) >= 11 is 0. The molecule has 1 aliphatic carbocycles. The number of hydrogen-bond donors (Lipinski definition) is 2. The minimum absolute atomic E-state index is 0.0635. The quantitative estimate of drug-likeness (QED) is 0.343. The first kappa shape index (κ1) is 24.9. The predicted molar refractivity (Wildman–Crippen MR) is 131 cm³/mol. The number of amidine groups is 1. The number of aliphatic imine (C=N–C) groups is 1. The van der Waals surface area contributed by atoms with Gasteiger partial charge in [-0.25, -0.2) is 4.39 Å². The van der Waals surface area contributed by atoms with Gasteiger partial charge in [0.2, 0.25) is 0 Å². The third kappa shape index (κ3) is 6.41. The number of halogens is 1. The summed E-state index contributed by atoms with van der Waals surface area (Å²) in [7, 11) is 4.18. The summed E-state index contributed by atoms with van der Waals surface area (Å²) in [6.07, 6.45) is 10.4. The van der Waals surface area contributed by atoms with Crippen molar-refractivity contribution in [1.82, 2.24) is 10.2 Å². The molecule has 0 spiro atoms. The molecule has 3 rings (SSSR count). The van der Waals surface area contributed by atoms with Crippen molar-refractivity contribution in [1.29, 1.82) is 0 Å². The van der Waals surface area contributed by atoms with Gasteiger partial charge in [0.1, 0.15) is 17.6 Å². The van der Waals surface area contributed by atoms with Gasteiger partial charge >= 0.3 is 0 Å². The molecular formula is C24H32FN4O3P. The van der Waals surface area contributed by atoms with Crippen molar-refractivity contribution in [3.8, 4) is 5.75 Å². The molecule has 0 aromatic heterocycles. The molecule has 1 saturated carbocycles. The molecule has 1 aliphatic heterocycles. The van der Waals surface area contributed by atoms with Gasteiger partial charge in [-0.1, -0.05) is 38.2 Å². The number of nitrogens with one attached hydrogen (secondary N) is 1. The van der Waals surface area contributed by atoms with E-state index in [4.69, 9.17) is 10.5 Å². The smallest absolute Gasteiger partial charge is 0.270 e. The second-order valence-electron chi connectivity index (χ2n) is 8.54. The van der Waals surface area contributed by atoms with Crippen LogP contribution in [0.4, 0.5) is 4.39 Å². The molecule has 1 fully saturated rings. The number of carbonyl (C=O) groups is 2. The molecule has 2 unspecified atom stereocenters. The molecule has 1 aromatic carbocycles. The summed E-state index contributed by atoms with van der Waals surface area (Å²) < 4.78 is 20.1. The number of rotatable bonds is 8. The highest BCUT2D eigenvalue weighted by Gasteiger charge is 2.36. The lowest BCUT2D eigenvalue weighted by atomic mass is 9.84. The molecule has 2 amide bonds. The first-order valence-electron chi connectivity index (χ1n) is 11.3. The zero-order valence-electron chi connectivity index (χ0n) is 19.1. The van der Waals surface area contributed by atoms with Crippen molar-refractivity contribution in [2.75, 3.05) is 13.6 Å². The number of nitrogens with two attached hydrogens (primary N) is 1. The van der Waals surface area contributed by atoms with Crippen molar-refractivity contribution in [2.24, 2.45) is 16.6 Å². The van der Waals surface area contributed by atoms with Crippen LogP contribution in [0.1, 0.15) is 44.1 Å². The first-order chi connectivity index (χ1) is 15.8. The van der Waals surface area contributed by atoms with Crippen LogP contribution in [0.15, 0.2) is 41.2 Å². The minimum atomic E-state index is -0.752. The summed E-state index contributed by atoms with van der Waals surface area (Å²) in [5, 5.41) is 3.38. The lowest BCUT2D eigenvalue weighted by Gasteiger charge is -2.30. The monoisotopic (exact) mass is 474 g/mol. The second kappa shape index (κ2) is 11.4. The molecule has 178 valence electrons. The van der Waals surface area contributed by atoms with Gasteiger partial charge in [0.25, 0.3) is 11.8 Å². The number of ether oxygens (including phenoxy) is 1. The largest absolute Gasteiger partial charge is 0.456 e. The van der Waals surface area contributed by atoms with E-state index in [-0.39, 0.29) is 24.0 Å². The van der Waals surface area contributed by atoms with Crippen molar-refractivity contribution < 1.29 is 18.7 Å². The Morgan fingerprint density at radius 3 is 2.82 bits per heavy atom.